The second-order valence-corrected chi connectivity index (χ2v) is 8.48. The Morgan fingerprint density at radius 3 is 2.63 bits per heavy atom. The summed E-state index contributed by atoms with van der Waals surface area (Å²) < 4.78 is 35.4. The molecule has 0 aliphatic heterocycles. The molecule has 35 heavy (non-hydrogen) atoms. The van der Waals surface area contributed by atoms with Crippen molar-refractivity contribution in [2.24, 2.45) is 7.05 Å². The maximum absolute atomic E-state index is 13.0. The van der Waals surface area contributed by atoms with Crippen LogP contribution in [0.5, 0.6) is 5.75 Å². The maximum atomic E-state index is 13.0. The number of aryl methyl sites for hydroxylation is 1. The quantitative estimate of drug-likeness (QED) is 0.397. The van der Waals surface area contributed by atoms with Gasteiger partial charge in [-0.3, -0.25) is 14.2 Å². The Labute approximate surface area is 198 Å². The molecule has 180 valence electrons. The third kappa shape index (κ3) is 4.06. The molecule has 0 amide bonds. The largest absolute Gasteiger partial charge is 0.434 e. The molecule has 3 heterocycles. The number of hydrogen-bond donors (Lipinski definition) is 1. The van der Waals surface area contributed by atoms with Crippen molar-refractivity contribution < 1.29 is 18.6 Å². The number of rotatable bonds is 6. The number of fused-ring (bicyclic) bond motifs is 2. The van der Waals surface area contributed by atoms with Gasteiger partial charge in [0.2, 0.25) is 0 Å². The average Bonchev–Trinajstić information content (AvgIpc) is 3.35. The fourth-order valence-electron chi connectivity index (χ4n) is 4.28. The van der Waals surface area contributed by atoms with Crippen molar-refractivity contribution in [3.8, 4) is 16.9 Å². The summed E-state index contributed by atoms with van der Waals surface area (Å²) in [6, 6.07) is 12.3. The van der Waals surface area contributed by atoms with Crippen molar-refractivity contribution in [1.29, 1.82) is 0 Å². The highest BCUT2D eigenvalue weighted by atomic mass is 19.3. The fraction of sp³-hybridized carbons (Fsp3) is 0.240. The van der Waals surface area contributed by atoms with Gasteiger partial charge in [0.15, 0.2) is 5.65 Å². The van der Waals surface area contributed by atoms with Gasteiger partial charge in [-0.25, -0.2) is 9.50 Å². The predicted octanol–water partition coefficient (Wildman–Crippen LogP) is 4.06. The van der Waals surface area contributed by atoms with Crippen LogP contribution >= 0.6 is 0 Å². The van der Waals surface area contributed by atoms with Crippen molar-refractivity contribution >= 4 is 16.6 Å². The van der Waals surface area contributed by atoms with Gasteiger partial charge < -0.3 is 9.84 Å². The van der Waals surface area contributed by atoms with E-state index in [1.54, 1.807) is 53.8 Å². The summed E-state index contributed by atoms with van der Waals surface area (Å²) in [6.45, 7) is 0.723. The smallest absolute Gasteiger partial charge is 0.387 e. The van der Waals surface area contributed by atoms with Crippen LogP contribution in [0.2, 0.25) is 0 Å². The lowest BCUT2D eigenvalue weighted by atomic mass is 10.1. The number of aliphatic hydroxyl groups is 1. The highest BCUT2D eigenvalue weighted by Gasteiger charge is 2.17. The highest BCUT2D eigenvalue weighted by Crippen LogP contribution is 2.27. The zero-order valence-electron chi connectivity index (χ0n) is 19.3. The summed E-state index contributed by atoms with van der Waals surface area (Å²) in [7, 11) is 1.64. The minimum absolute atomic E-state index is 0.0685. The van der Waals surface area contributed by atoms with Crippen LogP contribution in [-0.4, -0.2) is 35.7 Å². The Balaban J connectivity index is 1.61. The van der Waals surface area contributed by atoms with Gasteiger partial charge in [-0.1, -0.05) is 23.8 Å². The Morgan fingerprint density at radius 2 is 1.89 bits per heavy atom. The molecule has 0 radical (unpaired) electrons. The van der Waals surface area contributed by atoms with E-state index in [4.69, 9.17) is 4.74 Å². The first kappa shape index (κ1) is 22.7. The molecule has 0 fully saturated rings. The number of nitrogens with zero attached hydrogens (tertiary/aromatic N) is 5. The van der Waals surface area contributed by atoms with Crippen LogP contribution in [0.1, 0.15) is 29.8 Å². The molecular weight excluding hydrogens is 456 g/mol. The van der Waals surface area contributed by atoms with E-state index >= 15 is 0 Å². The summed E-state index contributed by atoms with van der Waals surface area (Å²) in [5, 5.41) is 14.8. The van der Waals surface area contributed by atoms with Crippen LogP contribution in [0, 0.1) is 6.92 Å². The van der Waals surface area contributed by atoms with Gasteiger partial charge in [-0.2, -0.15) is 13.9 Å². The number of halogens is 2. The molecule has 0 bridgehead atoms. The third-order valence-electron chi connectivity index (χ3n) is 6.06. The molecule has 10 heteroatoms. The molecule has 0 spiro atoms. The first-order valence-electron chi connectivity index (χ1n) is 11.0. The topological polar surface area (TPSA) is 86.6 Å². The molecule has 8 nitrogen and oxygen atoms in total. The molecule has 2 aromatic carbocycles. The van der Waals surface area contributed by atoms with E-state index < -0.39 is 12.7 Å². The molecule has 1 N–H and O–H groups in total. The number of hydrogen-bond acceptors (Lipinski definition) is 5. The second-order valence-electron chi connectivity index (χ2n) is 8.48. The maximum Gasteiger partial charge on any atom is 0.387 e. The van der Waals surface area contributed by atoms with Gasteiger partial charge in [0.25, 0.3) is 5.56 Å². The van der Waals surface area contributed by atoms with Gasteiger partial charge in [-0.15, -0.1) is 0 Å². The SMILES string of the molecule is Cc1ccc(OC(F)F)c(Cn2c3cc(-c4cnn5c([C@@H](C)O)cnc5c4)ccc3c(=O)n2C)c1. The predicted molar refractivity (Wildman–Crippen MR) is 127 cm³/mol. The first-order chi connectivity index (χ1) is 16.7. The van der Waals surface area contributed by atoms with Crippen LogP contribution in [0.25, 0.3) is 27.7 Å². The van der Waals surface area contributed by atoms with E-state index in [1.807, 2.05) is 25.1 Å². The van der Waals surface area contributed by atoms with Gasteiger partial charge >= 0.3 is 6.61 Å². The lowest BCUT2D eigenvalue weighted by molar-refractivity contribution is -0.0505. The lowest BCUT2D eigenvalue weighted by Gasteiger charge is -2.15. The van der Waals surface area contributed by atoms with Crippen LogP contribution in [0.4, 0.5) is 8.78 Å². The average molecular weight is 479 g/mol. The Bertz CT molecular complexity index is 1620. The van der Waals surface area contributed by atoms with Crippen molar-refractivity contribution in [1.82, 2.24) is 24.0 Å². The normalized spacial score (nSPS) is 12.7. The van der Waals surface area contributed by atoms with Gasteiger partial charge in [0.05, 0.1) is 41.6 Å². The van der Waals surface area contributed by atoms with Crippen molar-refractivity contribution in [3.63, 3.8) is 0 Å². The number of benzene rings is 2. The van der Waals surface area contributed by atoms with E-state index in [-0.39, 0.29) is 17.9 Å². The van der Waals surface area contributed by atoms with Crippen LogP contribution < -0.4 is 10.3 Å². The molecule has 0 unspecified atom stereocenters. The number of aromatic nitrogens is 5. The number of aliphatic hydroxyl groups excluding tert-OH is 1. The first-order valence-corrected chi connectivity index (χ1v) is 11.0. The zero-order chi connectivity index (χ0) is 24.9. The summed E-state index contributed by atoms with van der Waals surface area (Å²) in [5.74, 6) is 0.0685. The Morgan fingerprint density at radius 1 is 1.09 bits per heavy atom. The van der Waals surface area contributed by atoms with E-state index in [2.05, 4.69) is 10.1 Å². The van der Waals surface area contributed by atoms with Gasteiger partial charge in [-0.05, 0) is 43.7 Å². The summed E-state index contributed by atoms with van der Waals surface area (Å²) in [4.78, 5) is 17.2. The number of alkyl halides is 2. The van der Waals surface area contributed by atoms with Crippen molar-refractivity contribution in [2.45, 2.75) is 33.1 Å². The Hall–Kier alpha value is -4.05. The third-order valence-corrected chi connectivity index (χ3v) is 6.06. The van der Waals surface area contributed by atoms with Crippen molar-refractivity contribution in [3.05, 3.63) is 82.0 Å². The van der Waals surface area contributed by atoms with E-state index in [0.717, 1.165) is 16.7 Å². The molecule has 5 aromatic rings. The number of imidazole rings is 1. The summed E-state index contributed by atoms with van der Waals surface area (Å²) in [5.41, 5.74) is 4.63. The van der Waals surface area contributed by atoms with Crippen molar-refractivity contribution in [2.75, 3.05) is 0 Å². The molecule has 0 aliphatic rings. The molecule has 0 aliphatic carbocycles. The molecule has 0 saturated heterocycles. The van der Waals surface area contributed by atoms with Gasteiger partial charge in [0, 0.05) is 18.2 Å². The fourth-order valence-corrected chi connectivity index (χ4v) is 4.28. The molecule has 5 rings (SSSR count). The monoisotopic (exact) mass is 479 g/mol. The molecular formula is C25H23F2N5O3. The van der Waals surface area contributed by atoms with E-state index in [1.165, 1.54) is 10.7 Å². The lowest BCUT2D eigenvalue weighted by Crippen LogP contribution is -2.20. The van der Waals surface area contributed by atoms with Crippen LogP contribution in [0.15, 0.2) is 59.7 Å². The summed E-state index contributed by atoms with van der Waals surface area (Å²) >= 11 is 0. The molecule has 0 saturated carbocycles. The number of ether oxygens (including phenoxy) is 1. The molecule has 3 aromatic heterocycles. The zero-order valence-corrected chi connectivity index (χ0v) is 19.3. The summed E-state index contributed by atoms with van der Waals surface area (Å²) in [6.07, 6.45) is 2.54. The standard InChI is InChI=1S/C25H23F2N5O3/c1-14-4-7-22(35-25(26)27)18(8-14)13-31-20-9-16(5-6-19(20)24(34)30(31)3)17-10-23-28-12-21(15(2)33)32(23)29-11-17/h4-12,15,25,33H,13H2,1-3H3/t15-/m1/s1. The second kappa shape index (κ2) is 8.62. The Kier molecular flexibility index (Phi) is 5.60. The van der Waals surface area contributed by atoms with Gasteiger partial charge in [0.1, 0.15) is 5.75 Å². The van der Waals surface area contributed by atoms with Crippen LogP contribution in [0.3, 0.4) is 0 Å². The highest BCUT2D eigenvalue weighted by molar-refractivity contribution is 5.85. The van der Waals surface area contributed by atoms with E-state index in [0.29, 0.717) is 27.8 Å². The van der Waals surface area contributed by atoms with Crippen LogP contribution in [-0.2, 0) is 13.6 Å². The van der Waals surface area contributed by atoms with E-state index in [9.17, 15) is 18.7 Å². The minimum Gasteiger partial charge on any atom is -0.434 e. The minimum atomic E-state index is -2.95. The molecule has 1 atom stereocenters.